The lowest BCUT2D eigenvalue weighted by Crippen LogP contribution is -2.53. The van der Waals surface area contributed by atoms with Crippen LogP contribution in [-0.2, 0) is 11.3 Å². The van der Waals surface area contributed by atoms with Crippen molar-refractivity contribution < 1.29 is 18.4 Å². The Hall–Kier alpha value is -3.48. The van der Waals surface area contributed by atoms with Gasteiger partial charge in [-0.05, 0) is 69.7 Å². The van der Waals surface area contributed by atoms with Crippen LogP contribution in [0.3, 0.4) is 0 Å². The second kappa shape index (κ2) is 9.05. The molecule has 0 aliphatic carbocycles. The minimum atomic E-state index is -0.668. The van der Waals surface area contributed by atoms with Gasteiger partial charge in [0, 0.05) is 41.6 Å². The van der Waals surface area contributed by atoms with Gasteiger partial charge in [0.05, 0.1) is 0 Å². The Morgan fingerprint density at radius 1 is 1.00 bits per heavy atom. The van der Waals surface area contributed by atoms with Crippen molar-refractivity contribution in [1.82, 2.24) is 14.4 Å². The molecule has 178 valence electrons. The minimum absolute atomic E-state index is 0.176. The van der Waals surface area contributed by atoms with Crippen molar-refractivity contribution in [2.45, 2.75) is 45.8 Å². The van der Waals surface area contributed by atoms with Crippen LogP contribution in [0.15, 0.2) is 60.8 Å². The van der Waals surface area contributed by atoms with Crippen LogP contribution in [-0.4, -0.2) is 44.8 Å². The fourth-order valence-corrected chi connectivity index (χ4v) is 4.45. The van der Waals surface area contributed by atoms with E-state index in [1.54, 1.807) is 30.0 Å². The number of carbonyl (C=O) groups excluding carboxylic acids is 2. The van der Waals surface area contributed by atoms with E-state index in [0.717, 1.165) is 5.69 Å². The molecule has 5 nitrogen and oxygen atoms in total. The molecule has 34 heavy (non-hydrogen) atoms. The first-order valence-electron chi connectivity index (χ1n) is 11.3. The van der Waals surface area contributed by atoms with E-state index < -0.39 is 11.6 Å². The quantitative estimate of drug-likeness (QED) is 0.548. The molecule has 0 N–H and O–H groups in total. The van der Waals surface area contributed by atoms with E-state index in [9.17, 15) is 18.4 Å². The lowest BCUT2D eigenvalue weighted by molar-refractivity contribution is -0.135. The molecular weight excluding hydrogens is 436 g/mol. The van der Waals surface area contributed by atoms with Crippen LogP contribution < -0.4 is 0 Å². The Kier molecular flexibility index (Phi) is 6.30. The highest BCUT2D eigenvalue weighted by atomic mass is 19.1. The van der Waals surface area contributed by atoms with Crippen molar-refractivity contribution in [3.63, 3.8) is 0 Å². The third kappa shape index (κ3) is 4.47. The number of carbonyl (C=O) groups is 2. The molecule has 2 aromatic carbocycles. The van der Waals surface area contributed by atoms with Crippen LogP contribution >= 0.6 is 0 Å². The molecule has 4 rings (SSSR count). The SMILES string of the molecule is Cc1cc(C(=O)N(CC(=O)N2CCn3cccc3C2c2ccccc2F)C(C)(C)C)ccc1F. The predicted molar refractivity (Wildman–Crippen MR) is 126 cm³/mol. The number of rotatable bonds is 4. The van der Waals surface area contributed by atoms with Crippen molar-refractivity contribution in [2.24, 2.45) is 0 Å². The molecule has 3 aromatic rings. The lowest BCUT2D eigenvalue weighted by Gasteiger charge is -2.41. The third-order valence-corrected chi connectivity index (χ3v) is 6.31. The standard InChI is InChI=1S/C27H29F2N3O2/c1-18-16-19(11-12-21(18)28)26(34)32(27(2,3)4)17-24(33)31-15-14-30-13-7-10-23(30)25(31)20-8-5-6-9-22(20)29/h5-13,16,25H,14-15,17H2,1-4H3. The zero-order valence-electron chi connectivity index (χ0n) is 19.9. The fourth-order valence-electron chi connectivity index (χ4n) is 4.45. The van der Waals surface area contributed by atoms with Crippen molar-refractivity contribution >= 4 is 11.8 Å². The number of hydrogen-bond acceptors (Lipinski definition) is 2. The molecular formula is C27H29F2N3O2. The highest BCUT2D eigenvalue weighted by molar-refractivity contribution is 5.97. The number of aryl methyl sites for hydroxylation is 1. The molecule has 1 aromatic heterocycles. The van der Waals surface area contributed by atoms with Crippen LogP contribution in [0.2, 0.25) is 0 Å². The van der Waals surface area contributed by atoms with E-state index in [-0.39, 0.29) is 30.0 Å². The minimum Gasteiger partial charge on any atom is -0.348 e. The fraction of sp³-hybridized carbons (Fsp3) is 0.333. The van der Waals surface area contributed by atoms with Crippen LogP contribution in [0.1, 0.15) is 54.0 Å². The third-order valence-electron chi connectivity index (χ3n) is 6.31. The van der Waals surface area contributed by atoms with Crippen LogP contribution in [0.5, 0.6) is 0 Å². The molecule has 1 aliphatic rings. The average Bonchev–Trinajstić information content (AvgIpc) is 3.27. The van der Waals surface area contributed by atoms with E-state index in [2.05, 4.69) is 0 Å². The zero-order valence-corrected chi connectivity index (χ0v) is 19.9. The van der Waals surface area contributed by atoms with Crippen LogP contribution in [0, 0.1) is 18.6 Å². The summed E-state index contributed by atoms with van der Waals surface area (Å²) in [5.74, 6) is -1.40. The Balaban J connectivity index is 1.67. The molecule has 7 heteroatoms. The summed E-state index contributed by atoms with van der Waals surface area (Å²) in [6.07, 6.45) is 1.92. The highest BCUT2D eigenvalue weighted by Crippen LogP contribution is 2.34. The van der Waals surface area contributed by atoms with Gasteiger partial charge in [-0.25, -0.2) is 8.78 Å². The smallest absolute Gasteiger partial charge is 0.254 e. The molecule has 0 saturated heterocycles. The number of hydrogen-bond donors (Lipinski definition) is 0. The summed E-state index contributed by atoms with van der Waals surface area (Å²) in [6, 6.07) is 13.8. The lowest BCUT2D eigenvalue weighted by atomic mass is 9.98. The van der Waals surface area contributed by atoms with E-state index >= 15 is 0 Å². The van der Waals surface area contributed by atoms with Crippen molar-refractivity contribution in [1.29, 1.82) is 0 Å². The molecule has 1 unspecified atom stereocenters. The molecule has 0 fully saturated rings. The molecule has 1 aliphatic heterocycles. The first-order valence-corrected chi connectivity index (χ1v) is 11.3. The first kappa shape index (κ1) is 23.7. The Bertz CT molecular complexity index is 1230. The number of amides is 2. The topological polar surface area (TPSA) is 45.6 Å². The number of benzene rings is 2. The van der Waals surface area contributed by atoms with E-state index in [1.807, 2.05) is 43.7 Å². The van der Waals surface area contributed by atoms with Gasteiger partial charge < -0.3 is 14.4 Å². The summed E-state index contributed by atoms with van der Waals surface area (Å²) in [5, 5.41) is 0. The molecule has 0 spiro atoms. The number of fused-ring (bicyclic) bond motifs is 1. The van der Waals surface area contributed by atoms with Gasteiger partial charge in [-0.15, -0.1) is 0 Å². The Morgan fingerprint density at radius 2 is 1.74 bits per heavy atom. The Labute approximate surface area is 198 Å². The van der Waals surface area contributed by atoms with Gasteiger partial charge in [0.2, 0.25) is 5.91 Å². The summed E-state index contributed by atoms with van der Waals surface area (Å²) >= 11 is 0. The number of aromatic nitrogens is 1. The summed E-state index contributed by atoms with van der Waals surface area (Å²) in [7, 11) is 0. The molecule has 0 bridgehead atoms. The molecule has 0 radical (unpaired) electrons. The first-order chi connectivity index (χ1) is 16.1. The second-order valence-electron chi connectivity index (χ2n) is 9.66. The maximum absolute atomic E-state index is 14.8. The van der Waals surface area contributed by atoms with Gasteiger partial charge in [-0.2, -0.15) is 0 Å². The summed E-state index contributed by atoms with van der Waals surface area (Å²) in [4.78, 5) is 30.2. The monoisotopic (exact) mass is 465 g/mol. The van der Waals surface area contributed by atoms with Crippen LogP contribution in [0.25, 0.3) is 0 Å². The molecule has 0 saturated carbocycles. The Morgan fingerprint density at radius 3 is 2.41 bits per heavy atom. The van der Waals surface area contributed by atoms with Gasteiger partial charge in [-0.1, -0.05) is 18.2 Å². The van der Waals surface area contributed by atoms with E-state index in [4.69, 9.17) is 0 Å². The van der Waals surface area contributed by atoms with Gasteiger partial charge in [-0.3, -0.25) is 9.59 Å². The van der Waals surface area contributed by atoms with Crippen molar-refractivity contribution in [3.05, 3.63) is 94.8 Å². The maximum atomic E-state index is 14.8. The number of halogens is 2. The summed E-state index contributed by atoms with van der Waals surface area (Å²) < 4.78 is 30.6. The van der Waals surface area contributed by atoms with E-state index in [0.29, 0.717) is 29.8 Å². The largest absolute Gasteiger partial charge is 0.348 e. The average molecular weight is 466 g/mol. The van der Waals surface area contributed by atoms with Crippen LogP contribution in [0.4, 0.5) is 8.78 Å². The molecule has 2 heterocycles. The van der Waals surface area contributed by atoms with Gasteiger partial charge in [0.25, 0.3) is 5.91 Å². The van der Waals surface area contributed by atoms with E-state index in [1.165, 1.54) is 29.2 Å². The predicted octanol–water partition coefficient (Wildman–Crippen LogP) is 4.95. The zero-order chi connectivity index (χ0) is 24.6. The second-order valence-corrected chi connectivity index (χ2v) is 9.66. The number of nitrogens with zero attached hydrogens (tertiary/aromatic N) is 3. The van der Waals surface area contributed by atoms with Crippen molar-refractivity contribution in [3.8, 4) is 0 Å². The molecule has 2 amide bonds. The summed E-state index contributed by atoms with van der Waals surface area (Å²) in [5.41, 5.74) is 1.26. The summed E-state index contributed by atoms with van der Waals surface area (Å²) in [6.45, 7) is 7.95. The maximum Gasteiger partial charge on any atom is 0.254 e. The van der Waals surface area contributed by atoms with Gasteiger partial charge >= 0.3 is 0 Å². The van der Waals surface area contributed by atoms with Gasteiger partial charge in [0.1, 0.15) is 24.2 Å². The molecule has 1 atom stereocenters. The normalized spacial score (nSPS) is 15.7. The highest BCUT2D eigenvalue weighted by Gasteiger charge is 2.37. The van der Waals surface area contributed by atoms with Crippen molar-refractivity contribution in [2.75, 3.05) is 13.1 Å². The van der Waals surface area contributed by atoms with Gasteiger partial charge in [0.15, 0.2) is 0 Å².